The molecule has 2 aliphatic rings. The molecule has 0 unspecified atom stereocenters. The number of amides is 3. The summed E-state index contributed by atoms with van der Waals surface area (Å²) >= 11 is 0. The van der Waals surface area contributed by atoms with Crippen LogP contribution in [-0.4, -0.2) is 34.1 Å². The van der Waals surface area contributed by atoms with Crippen LogP contribution in [-0.2, 0) is 11.2 Å². The molecule has 1 atom stereocenters. The second-order valence-corrected chi connectivity index (χ2v) is 6.51. The van der Waals surface area contributed by atoms with Gasteiger partial charge in [0.25, 0.3) is 17.5 Å². The van der Waals surface area contributed by atoms with Gasteiger partial charge in [0.05, 0.1) is 16.5 Å². The number of rotatable bonds is 4. The number of imide groups is 1. The molecule has 1 aliphatic carbocycles. The molecule has 0 bridgehead atoms. The zero-order valence-electron chi connectivity index (χ0n) is 14.2. The molecule has 136 valence electrons. The Labute approximate surface area is 153 Å². The second kappa shape index (κ2) is 6.31. The van der Waals surface area contributed by atoms with E-state index < -0.39 is 34.9 Å². The number of carbonyl (C=O) groups is 3. The number of carbonyl (C=O) groups excluding carboxylic acids is 3. The third-order valence-corrected chi connectivity index (χ3v) is 4.94. The van der Waals surface area contributed by atoms with E-state index in [-0.39, 0.29) is 17.2 Å². The minimum absolute atomic E-state index is 0.0480. The zero-order chi connectivity index (χ0) is 19.1. The van der Waals surface area contributed by atoms with Gasteiger partial charge in [0.2, 0.25) is 5.91 Å². The molecule has 1 aliphatic heterocycles. The van der Waals surface area contributed by atoms with E-state index in [9.17, 15) is 24.5 Å². The minimum Gasteiger partial charge on any atom is -0.348 e. The standard InChI is InChI=1S/C19H15N3O5/c23-16(20-14-9-8-11-4-1-2-5-12(11)14)10-21-18(24)13-6-3-7-15(22(26)27)17(13)19(21)25/h1-7,14H,8-10H2,(H,20,23)/t14-/m1/s1. The van der Waals surface area contributed by atoms with Crippen LogP contribution in [0.3, 0.4) is 0 Å². The Morgan fingerprint density at radius 3 is 2.70 bits per heavy atom. The highest BCUT2D eigenvalue weighted by Crippen LogP contribution is 2.32. The highest BCUT2D eigenvalue weighted by molar-refractivity contribution is 6.24. The highest BCUT2D eigenvalue weighted by Gasteiger charge is 2.41. The quantitative estimate of drug-likeness (QED) is 0.506. The summed E-state index contributed by atoms with van der Waals surface area (Å²) in [7, 11) is 0. The first-order valence-corrected chi connectivity index (χ1v) is 8.48. The molecule has 8 heteroatoms. The molecule has 0 spiro atoms. The molecular formula is C19H15N3O5. The van der Waals surface area contributed by atoms with E-state index in [0.717, 1.165) is 23.3 Å². The normalized spacial score (nSPS) is 17.6. The molecule has 0 aromatic heterocycles. The van der Waals surface area contributed by atoms with Gasteiger partial charge in [-0.15, -0.1) is 0 Å². The summed E-state index contributed by atoms with van der Waals surface area (Å²) < 4.78 is 0. The summed E-state index contributed by atoms with van der Waals surface area (Å²) in [5, 5.41) is 14.0. The summed E-state index contributed by atoms with van der Waals surface area (Å²) in [5.74, 6) is -1.99. The second-order valence-electron chi connectivity index (χ2n) is 6.51. The first kappa shape index (κ1) is 16.9. The Kier molecular flexibility index (Phi) is 3.95. The number of aryl methyl sites for hydroxylation is 1. The zero-order valence-corrected chi connectivity index (χ0v) is 14.2. The van der Waals surface area contributed by atoms with Crippen molar-refractivity contribution in [1.29, 1.82) is 0 Å². The van der Waals surface area contributed by atoms with Crippen LogP contribution in [0.2, 0.25) is 0 Å². The molecule has 1 heterocycles. The number of nitro benzene ring substituents is 1. The molecule has 27 heavy (non-hydrogen) atoms. The van der Waals surface area contributed by atoms with Crippen LogP contribution in [0.1, 0.15) is 44.3 Å². The number of nitro groups is 1. The maximum atomic E-state index is 12.5. The van der Waals surface area contributed by atoms with Gasteiger partial charge in [-0.1, -0.05) is 30.3 Å². The molecule has 2 aromatic rings. The van der Waals surface area contributed by atoms with Crippen LogP contribution in [0.25, 0.3) is 0 Å². The van der Waals surface area contributed by atoms with E-state index in [0.29, 0.717) is 0 Å². The lowest BCUT2D eigenvalue weighted by atomic mass is 10.1. The average Bonchev–Trinajstić information content (AvgIpc) is 3.16. The molecular weight excluding hydrogens is 350 g/mol. The van der Waals surface area contributed by atoms with E-state index in [4.69, 9.17) is 0 Å². The van der Waals surface area contributed by atoms with Crippen molar-refractivity contribution >= 4 is 23.4 Å². The molecule has 0 fully saturated rings. The number of nitrogens with zero attached hydrogens (tertiary/aromatic N) is 2. The van der Waals surface area contributed by atoms with Crippen LogP contribution < -0.4 is 5.32 Å². The number of nitrogens with one attached hydrogen (secondary N) is 1. The maximum Gasteiger partial charge on any atom is 0.282 e. The molecule has 0 saturated heterocycles. The van der Waals surface area contributed by atoms with Gasteiger partial charge in [0.1, 0.15) is 12.1 Å². The van der Waals surface area contributed by atoms with Gasteiger partial charge >= 0.3 is 0 Å². The van der Waals surface area contributed by atoms with Crippen molar-refractivity contribution in [2.75, 3.05) is 6.54 Å². The van der Waals surface area contributed by atoms with E-state index in [1.807, 2.05) is 24.3 Å². The predicted molar refractivity (Wildman–Crippen MR) is 94.1 cm³/mol. The Bertz CT molecular complexity index is 1000. The summed E-state index contributed by atoms with van der Waals surface area (Å²) in [6.07, 6.45) is 1.60. The Morgan fingerprint density at radius 1 is 1.15 bits per heavy atom. The molecule has 0 radical (unpaired) electrons. The van der Waals surface area contributed by atoms with Crippen LogP contribution in [0.4, 0.5) is 5.69 Å². The van der Waals surface area contributed by atoms with Crippen LogP contribution in [0.5, 0.6) is 0 Å². The lowest BCUT2D eigenvalue weighted by Crippen LogP contribution is -2.41. The third-order valence-electron chi connectivity index (χ3n) is 4.94. The van der Waals surface area contributed by atoms with E-state index >= 15 is 0 Å². The fourth-order valence-electron chi connectivity index (χ4n) is 3.70. The number of fused-ring (bicyclic) bond motifs is 2. The average molecular weight is 365 g/mol. The van der Waals surface area contributed by atoms with E-state index in [1.54, 1.807) is 0 Å². The fourth-order valence-corrected chi connectivity index (χ4v) is 3.70. The number of hydrogen-bond donors (Lipinski definition) is 1. The number of hydrogen-bond acceptors (Lipinski definition) is 5. The van der Waals surface area contributed by atoms with E-state index in [2.05, 4.69) is 5.32 Å². The van der Waals surface area contributed by atoms with Gasteiger partial charge in [-0.3, -0.25) is 29.4 Å². The van der Waals surface area contributed by atoms with Crippen molar-refractivity contribution < 1.29 is 19.3 Å². The summed E-state index contributed by atoms with van der Waals surface area (Å²) in [4.78, 5) is 48.6. The SMILES string of the molecule is O=C(CN1C(=O)c2cccc([N+](=O)[O-])c2C1=O)N[C@@H]1CCc2ccccc21. The molecule has 8 nitrogen and oxygen atoms in total. The van der Waals surface area contributed by atoms with Crippen LogP contribution in [0, 0.1) is 10.1 Å². The Hall–Kier alpha value is -3.55. The predicted octanol–water partition coefficient (Wildman–Crippen LogP) is 1.99. The lowest BCUT2D eigenvalue weighted by molar-refractivity contribution is -0.385. The molecule has 4 rings (SSSR count). The van der Waals surface area contributed by atoms with Crippen molar-refractivity contribution in [3.05, 3.63) is 74.8 Å². The summed E-state index contributed by atoms with van der Waals surface area (Å²) in [5.41, 5.74) is 1.46. The molecule has 3 amide bonds. The first-order valence-electron chi connectivity index (χ1n) is 8.48. The van der Waals surface area contributed by atoms with E-state index in [1.165, 1.54) is 23.8 Å². The van der Waals surface area contributed by atoms with Crippen molar-refractivity contribution in [3.63, 3.8) is 0 Å². The molecule has 2 aromatic carbocycles. The molecule has 1 N–H and O–H groups in total. The van der Waals surface area contributed by atoms with Gasteiger partial charge in [-0.25, -0.2) is 0 Å². The molecule has 0 saturated carbocycles. The minimum atomic E-state index is -0.815. The van der Waals surface area contributed by atoms with Crippen LogP contribution >= 0.6 is 0 Å². The van der Waals surface area contributed by atoms with Gasteiger partial charge < -0.3 is 5.32 Å². The van der Waals surface area contributed by atoms with Gasteiger partial charge in [0, 0.05) is 6.07 Å². The largest absolute Gasteiger partial charge is 0.348 e. The van der Waals surface area contributed by atoms with Crippen molar-refractivity contribution in [2.45, 2.75) is 18.9 Å². The van der Waals surface area contributed by atoms with Crippen molar-refractivity contribution in [1.82, 2.24) is 10.2 Å². The Balaban J connectivity index is 1.51. The summed E-state index contributed by atoms with van der Waals surface area (Å²) in [6.45, 7) is -0.470. The number of benzene rings is 2. The smallest absolute Gasteiger partial charge is 0.282 e. The third kappa shape index (κ3) is 2.75. The van der Waals surface area contributed by atoms with Gasteiger partial charge in [-0.2, -0.15) is 0 Å². The Morgan fingerprint density at radius 2 is 1.93 bits per heavy atom. The van der Waals surface area contributed by atoms with Crippen LogP contribution in [0.15, 0.2) is 42.5 Å². The lowest BCUT2D eigenvalue weighted by Gasteiger charge is -2.17. The topological polar surface area (TPSA) is 110 Å². The van der Waals surface area contributed by atoms with Gasteiger partial charge in [-0.05, 0) is 30.0 Å². The van der Waals surface area contributed by atoms with Crippen molar-refractivity contribution in [2.24, 2.45) is 0 Å². The highest BCUT2D eigenvalue weighted by atomic mass is 16.6. The maximum absolute atomic E-state index is 12.5. The summed E-state index contributed by atoms with van der Waals surface area (Å²) in [6, 6.07) is 11.5. The fraction of sp³-hybridized carbons (Fsp3) is 0.211. The van der Waals surface area contributed by atoms with Gasteiger partial charge in [0.15, 0.2) is 0 Å². The monoisotopic (exact) mass is 365 g/mol. The van der Waals surface area contributed by atoms with Crippen molar-refractivity contribution in [3.8, 4) is 0 Å². The first-order chi connectivity index (χ1) is 13.0.